The third-order valence-corrected chi connectivity index (χ3v) is 4.91. The van der Waals surface area contributed by atoms with Crippen LogP contribution in [-0.2, 0) is 16.8 Å². The molecule has 1 aliphatic carbocycles. The summed E-state index contributed by atoms with van der Waals surface area (Å²) in [5, 5.41) is 0. The summed E-state index contributed by atoms with van der Waals surface area (Å²) in [5.74, 6) is 1.20. The first kappa shape index (κ1) is 15.1. The molecule has 1 saturated carbocycles. The van der Waals surface area contributed by atoms with E-state index in [4.69, 9.17) is 9.47 Å². The van der Waals surface area contributed by atoms with E-state index in [-0.39, 0.29) is 12.6 Å². The highest BCUT2D eigenvalue weighted by Crippen LogP contribution is 2.28. The molecule has 6 nitrogen and oxygen atoms in total. The van der Waals surface area contributed by atoms with Crippen LogP contribution in [0.15, 0.2) is 18.2 Å². The molecule has 0 aromatic heterocycles. The van der Waals surface area contributed by atoms with Crippen LogP contribution in [0.25, 0.3) is 0 Å². The van der Waals surface area contributed by atoms with E-state index in [0.717, 1.165) is 18.4 Å². The highest BCUT2D eigenvalue weighted by molar-refractivity contribution is 7.87. The highest BCUT2D eigenvalue weighted by atomic mass is 32.2. The summed E-state index contributed by atoms with van der Waals surface area (Å²) in [6, 6.07) is 5.48. The number of ether oxygens (including phenoxy) is 2. The maximum Gasteiger partial charge on any atom is 0.279 e. The van der Waals surface area contributed by atoms with Crippen LogP contribution in [0.5, 0.6) is 11.5 Å². The lowest BCUT2D eigenvalue weighted by molar-refractivity contribution is 0.354. The molecule has 0 radical (unpaired) electrons. The summed E-state index contributed by atoms with van der Waals surface area (Å²) >= 11 is 0. The van der Waals surface area contributed by atoms with E-state index in [9.17, 15) is 8.42 Å². The fraction of sp³-hybridized carbons (Fsp3) is 0.538. The lowest BCUT2D eigenvalue weighted by Gasteiger charge is -2.17. The molecule has 1 aromatic carbocycles. The molecule has 0 unspecified atom stereocenters. The van der Waals surface area contributed by atoms with Gasteiger partial charge in [-0.05, 0) is 30.5 Å². The molecular weight excluding hydrogens is 280 g/mol. The van der Waals surface area contributed by atoms with E-state index in [1.807, 2.05) is 0 Å². The minimum Gasteiger partial charge on any atom is -0.493 e. The van der Waals surface area contributed by atoms with Crippen molar-refractivity contribution in [3.63, 3.8) is 0 Å². The SMILES string of the molecule is COc1ccc(CNS(=O)(=O)N(C)C2CC2)cc1OC. The van der Waals surface area contributed by atoms with Crippen molar-refractivity contribution in [3.05, 3.63) is 23.8 Å². The van der Waals surface area contributed by atoms with Gasteiger partial charge in [0.15, 0.2) is 11.5 Å². The number of nitrogens with one attached hydrogen (secondary N) is 1. The number of benzene rings is 1. The third-order valence-electron chi connectivity index (χ3n) is 3.35. The quantitative estimate of drug-likeness (QED) is 0.820. The van der Waals surface area contributed by atoms with Gasteiger partial charge in [0.1, 0.15) is 0 Å². The first-order valence-corrected chi connectivity index (χ1v) is 7.85. The van der Waals surface area contributed by atoms with Crippen molar-refractivity contribution in [2.75, 3.05) is 21.3 Å². The molecule has 1 N–H and O–H groups in total. The van der Waals surface area contributed by atoms with E-state index in [1.165, 1.54) is 4.31 Å². The molecule has 1 aliphatic rings. The average Bonchev–Trinajstić information content (AvgIpc) is 3.28. The topological polar surface area (TPSA) is 67.9 Å². The first-order valence-electron chi connectivity index (χ1n) is 6.41. The Morgan fingerprint density at radius 2 is 1.90 bits per heavy atom. The maximum absolute atomic E-state index is 12.0. The molecule has 0 saturated heterocycles. The molecule has 0 aliphatic heterocycles. The Labute approximate surface area is 119 Å². The molecule has 20 heavy (non-hydrogen) atoms. The lowest BCUT2D eigenvalue weighted by atomic mass is 10.2. The molecule has 0 spiro atoms. The van der Waals surface area contributed by atoms with Gasteiger partial charge in [-0.15, -0.1) is 0 Å². The third kappa shape index (κ3) is 3.41. The van der Waals surface area contributed by atoms with Gasteiger partial charge in [-0.1, -0.05) is 6.07 Å². The fourth-order valence-corrected chi connectivity index (χ4v) is 3.06. The van der Waals surface area contributed by atoms with Gasteiger partial charge in [0, 0.05) is 19.6 Å². The van der Waals surface area contributed by atoms with Gasteiger partial charge in [0.25, 0.3) is 10.2 Å². The number of hydrogen-bond acceptors (Lipinski definition) is 4. The molecule has 0 heterocycles. The largest absolute Gasteiger partial charge is 0.493 e. The van der Waals surface area contributed by atoms with E-state index in [1.54, 1.807) is 39.5 Å². The Bertz CT molecular complexity index is 570. The predicted octanol–water partition coefficient (Wildman–Crippen LogP) is 1.13. The van der Waals surface area contributed by atoms with Crippen LogP contribution in [0.4, 0.5) is 0 Å². The predicted molar refractivity (Wildman–Crippen MR) is 76.1 cm³/mol. The van der Waals surface area contributed by atoms with Gasteiger partial charge < -0.3 is 9.47 Å². The fourth-order valence-electron chi connectivity index (χ4n) is 1.90. The summed E-state index contributed by atoms with van der Waals surface area (Å²) in [6.07, 6.45) is 1.88. The molecule has 0 amide bonds. The van der Waals surface area contributed by atoms with E-state index < -0.39 is 10.2 Å². The monoisotopic (exact) mass is 300 g/mol. The minimum atomic E-state index is -3.42. The Morgan fingerprint density at radius 1 is 1.25 bits per heavy atom. The Kier molecular flexibility index (Phi) is 4.52. The van der Waals surface area contributed by atoms with Crippen molar-refractivity contribution in [2.45, 2.75) is 25.4 Å². The van der Waals surface area contributed by atoms with Crippen molar-refractivity contribution in [1.29, 1.82) is 0 Å². The summed E-state index contributed by atoms with van der Waals surface area (Å²) in [6.45, 7) is 0.222. The van der Waals surface area contributed by atoms with Crippen molar-refractivity contribution in [1.82, 2.24) is 9.03 Å². The second-order valence-corrected chi connectivity index (χ2v) is 6.58. The number of nitrogens with zero attached hydrogens (tertiary/aromatic N) is 1. The van der Waals surface area contributed by atoms with Gasteiger partial charge in [-0.2, -0.15) is 17.4 Å². The van der Waals surface area contributed by atoms with Gasteiger partial charge >= 0.3 is 0 Å². The van der Waals surface area contributed by atoms with Crippen LogP contribution in [0.3, 0.4) is 0 Å². The summed E-state index contributed by atoms with van der Waals surface area (Å²) in [4.78, 5) is 0. The van der Waals surface area contributed by atoms with Crippen molar-refractivity contribution < 1.29 is 17.9 Å². The van der Waals surface area contributed by atoms with Gasteiger partial charge in [-0.3, -0.25) is 0 Å². The van der Waals surface area contributed by atoms with Crippen LogP contribution in [0.2, 0.25) is 0 Å². The number of hydrogen-bond donors (Lipinski definition) is 1. The summed E-state index contributed by atoms with van der Waals surface area (Å²) in [7, 11) is 1.30. The Morgan fingerprint density at radius 3 is 2.45 bits per heavy atom. The van der Waals surface area contributed by atoms with E-state index in [0.29, 0.717) is 11.5 Å². The van der Waals surface area contributed by atoms with Crippen LogP contribution >= 0.6 is 0 Å². The number of methoxy groups -OCH3 is 2. The van der Waals surface area contributed by atoms with Crippen LogP contribution in [0, 0.1) is 0 Å². The normalized spacial score (nSPS) is 15.4. The van der Waals surface area contributed by atoms with Crippen molar-refractivity contribution in [2.24, 2.45) is 0 Å². The molecule has 0 bridgehead atoms. The van der Waals surface area contributed by atoms with E-state index in [2.05, 4.69) is 4.72 Å². The summed E-state index contributed by atoms with van der Waals surface area (Å²) < 4.78 is 38.4. The van der Waals surface area contributed by atoms with Crippen LogP contribution < -0.4 is 14.2 Å². The molecule has 1 fully saturated rings. The molecule has 0 atom stereocenters. The standard InChI is InChI=1S/C13H20N2O4S/c1-15(11-5-6-11)20(16,17)14-9-10-4-7-12(18-2)13(8-10)19-3/h4,7-8,11,14H,5-6,9H2,1-3H3. The van der Waals surface area contributed by atoms with Gasteiger partial charge in [-0.25, -0.2) is 0 Å². The zero-order chi connectivity index (χ0) is 14.8. The van der Waals surface area contributed by atoms with Crippen molar-refractivity contribution >= 4 is 10.2 Å². The van der Waals surface area contributed by atoms with Crippen LogP contribution in [0.1, 0.15) is 18.4 Å². The second-order valence-electron chi connectivity index (χ2n) is 4.76. The Balaban J connectivity index is 2.03. The molecule has 1 aromatic rings. The lowest BCUT2D eigenvalue weighted by Crippen LogP contribution is -2.39. The first-order chi connectivity index (χ1) is 9.47. The average molecular weight is 300 g/mol. The van der Waals surface area contributed by atoms with E-state index >= 15 is 0 Å². The summed E-state index contributed by atoms with van der Waals surface area (Å²) in [5.41, 5.74) is 0.815. The minimum absolute atomic E-state index is 0.151. The molecule has 2 rings (SSSR count). The van der Waals surface area contributed by atoms with Crippen molar-refractivity contribution in [3.8, 4) is 11.5 Å². The Hall–Kier alpha value is -1.31. The van der Waals surface area contributed by atoms with Gasteiger partial charge in [0.05, 0.1) is 14.2 Å². The molecule has 7 heteroatoms. The zero-order valence-corrected chi connectivity index (χ0v) is 12.7. The smallest absolute Gasteiger partial charge is 0.279 e. The number of rotatable bonds is 7. The second kappa shape index (κ2) is 5.99. The molecule has 112 valence electrons. The zero-order valence-electron chi connectivity index (χ0n) is 11.9. The maximum atomic E-state index is 12.0. The highest BCUT2D eigenvalue weighted by Gasteiger charge is 2.33. The van der Waals surface area contributed by atoms with Gasteiger partial charge in [0.2, 0.25) is 0 Å². The molecular formula is C13H20N2O4S. The van der Waals surface area contributed by atoms with Crippen LogP contribution in [-0.4, -0.2) is 40.0 Å².